The van der Waals surface area contributed by atoms with E-state index in [1.807, 2.05) is 0 Å². The highest BCUT2D eigenvalue weighted by molar-refractivity contribution is 7.18. The van der Waals surface area contributed by atoms with Gasteiger partial charge in [-0.1, -0.05) is 0 Å². The molecule has 3 N–H and O–H groups in total. The molecule has 0 spiro atoms. The molecule has 0 atom stereocenters. The number of aromatic nitrogens is 2. The lowest BCUT2D eigenvalue weighted by Crippen LogP contribution is -2.35. The Morgan fingerprint density at radius 2 is 2.05 bits per heavy atom. The van der Waals surface area contributed by atoms with Gasteiger partial charge in [-0.3, -0.25) is 14.3 Å². The molecular weight excluding hydrogens is 262 g/mol. The molecule has 19 heavy (non-hydrogen) atoms. The maximum absolute atomic E-state index is 12.5. The Balaban J connectivity index is 2.24. The molecule has 2 heterocycles. The van der Waals surface area contributed by atoms with Crippen LogP contribution in [0, 0.1) is 0 Å². The topological polar surface area (TPSA) is 80.9 Å². The summed E-state index contributed by atoms with van der Waals surface area (Å²) >= 11 is 1.57. The predicted molar refractivity (Wildman–Crippen MR) is 77.0 cm³/mol. The van der Waals surface area contributed by atoms with E-state index in [9.17, 15) is 9.59 Å². The quantitative estimate of drug-likeness (QED) is 0.878. The number of nitrogens with two attached hydrogens (primary N) is 1. The predicted octanol–water partition coefficient (Wildman–Crippen LogP) is 0.979. The largest absolute Gasteiger partial charge is 0.330 e. The summed E-state index contributed by atoms with van der Waals surface area (Å²) in [4.78, 5) is 29.3. The molecule has 0 bridgehead atoms. The zero-order valence-electron chi connectivity index (χ0n) is 10.7. The lowest BCUT2D eigenvalue weighted by atomic mass is 9.97. The smallest absolute Gasteiger partial charge is 0.329 e. The second-order valence-electron chi connectivity index (χ2n) is 4.94. The Morgan fingerprint density at radius 1 is 1.26 bits per heavy atom. The molecule has 0 radical (unpaired) electrons. The van der Waals surface area contributed by atoms with E-state index in [0.29, 0.717) is 19.5 Å². The Bertz CT molecular complexity index is 726. The van der Waals surface area contributed by atoms with Gasteiger partial charge in [0, 0.05) is 11.4 Å². The van der Waals surface area contributed by atoms with Gasteiger partial charge < -0.3 is 5.73 Å². The number of hydrogen-bond donors (Lipinski definition) is 2. The van der Waals surface area contributed by atoms with Gasteiger partial charge in [0.15, 0.2) is 0 Å². The van der Waals surface area contributed by atoms with Crippen molar-refractivity contribution in [3.63, 3.8) is 0 Å². The van der Waals surface area contributed by atoms with Crippen LogP contribution in [0.5, 0.6) is 0 Å². The van der Waals surface area contributed by atoms with Gasteiger partial charge >= 0.3 is 5.69 Å². The molecule has 6 heteroatoms. The second kappa shape index (κ2) is 4.94. The van der Waals surface area contributed by atoms with Crippen molar-refractivity contribution in [2.24, 2.45) is 5.73 Å². The molecule has 102 valence electrons. The summed E-state index contributed by atoms with van der Waals surface area (Å²) in [6.07, 6.45) is 4.92. The molecule has 0 saturated carbocycles. The van der Waals surface area contributed by atoms with Crippen molar-refractivity contribution < 1.29 is 0 Å². The van der Waals surface area contributed by atoms with Crippen LogP contribution in [0.3, 0.4) is 0 Å². The van der Waals surface area contributed by atoms with Gasteiger partial charge in [-0.05, 0) is 44.2 Å². The minimum atomic E-state index is -0.315. The first-order valence-electron chi connectivity index (χ1n) is 6.70. The van der Waals surface area contributed by atoms with Gasteiger partial charge in [0.1, 0.15) is 4.83 Å². The molecule has 0 unspecified atom stereocenters. The van der Waals surface area contributed by atoms with Crippen LogP contribution < -0.4 is 17.0 Å². The van der Waals surface area contributed by atoms with Gasteiger partial charge in [0.05, 0.1) is 5.39 Å². The van der Waals surface area contributed by atoms with Crippen molar-refractivity contribution >= 4 is 21.6 Å². The third-order valence-electron chi connectivity index (χ3n) is 3.68. The molecule has 0 aromatic carbocycles. The van der Waals surface area contributed by atoms with Crippen LogP contribution >= 0.6 is 11.3 Å². The summed E-state index contributed by atoms with van der Waals surface area (Å²) in [7, 11) is 0. The highest BCUT2D eigenvalue weighted by Crippen LogP contribution is 2.32. The Morgan fingerprint density at radius 3 is 2.84 bits per heavy atom. The van der Waals surface area contributed by atoms with E-state index < -0.39 is 0 Å². The van der Waals surface area contributed by atoms with E-state index in [2.05, 4.69) is 4.98 Å². The van der Waals surface area contributed by atoms with Crippen molar-refractivity contribution in [3.05, 3.63) is 31.3 Å². The van der Waals surface area contributed by atoms with E-state index in [1.54, 1.807) is 11.3 Å². The number of rotatable bonds is 3. The second-order valence-corrected chi connectivity index (χ2v) is 6.05. The number of hydrogen-bond acceptors (Lipinski definition) is 4. The third kappa shape index (κ3) is 2.04. The maximum Gasteiger partial charge on any atom is 0.329 e. The average Bonchev–Trinajstić information content (AvgIpc) is 2.76. The summed E-state index contributed by atoms with van der Waals surface area (Å²) in [6, 6.07) is 0. The highest BCUT2D eigenvalue weighted by Gasteiger charge is 2.20. The van der Waals surface area contributed by atoms with Crippen LogP contribution in [0.15, 0.2) is 9.59 Å². The van der Waals surface area contributed by atoms with Crippen molar-refractivity contribution in [1.82, 2.24) is 9.55 Å². The zero-order chi connectivity index (χ0) is 13.4. The number of H-pyrrole nitrogens is 1. The van der Waals surface area contributed by atoms with Gasteiger partial charge in [-0.25, -0.2) is 4.79 Å². The lowest BCUT2D eigenvalue weighted by molar-refractivity contribution is 0.603. The number of thiophene rings is 1. The van der Waals surface area contributed by atoms with Crippen LogP contribution in [0.4, 0.5) is 0 Å². The van der Waals surface area contributed by atoms with Crippen LogP contribution in [0.1, 0.15) is 29.7 Å². The first kappa shape index (κ1) is 12.6. The Hall–Kier alpha value is -1.40. The lowest BCUT2D eigenvalue weighted by Gasteiger charge is -2.10. The third-order valence-corrected chi connectivity index (χ3v) is 4.89. The van der Waals surface area contributed by atoms with E-state index in [-0.39, 0.29) is 11.2 Å². The SMILES string of the molecule is NCCCn1c(=O)[nH]c2sc3c(c2c1=O)CCCC3. The van der Waals surface area contributed by atoms with E-state index >= 15 is 0 Å². The van der Waals surface area contributed by atoms with E-state index in [1.165, 1.54) is 15.9 Å². The standard InChI is InChI=1S/C13H17N3O2S/c14-6-3-7-16-12(17)10-8-4-1-2-5-9(8)19-11(10)15-13(16)18/h1-7,14H2,(H,15,18). The zero-order valence-corrected chi connectivity index (χ0v) is 11.5. The number of nitrogens with zero attached hydrogens (tertiary/aromatic N) is 1. The van der Waals surface area contributed by atoms with Crippen molar-refractivity contribution in [2.75, 3.05) is 6.54 Å². The van der Waals surface area contributed by atoms with Crippen LogP contribution in [-0.4, -0.2) is 16.1 Å². The molecule has 1 aliphatic carbocycles. The molecule has 0 amide bonds. The fourth-order valence-electron chi connectivity index (χ4n) is 2.72. The first-order chi connectivity index (χ1) is 9.22. The van der Waals surface area contributed by atoms with Crippen LogP contribution in [-0.2, 0) is 19.4 Å². The summed E-state index contributed by atoms with van der Waals surface area (Å²) in [5, 5.41) is 0.733. The van der Waals surface area contributed by atoms with E-state index in [4.69, 9.17) is 5.73 Å². The van der Waals surface area contributed by atoms with Crippen LogP contribution in [0.25, 0.3) is 10.2 Å². The van der Waals surface area contributed by atoms with Crippen molar-refractivity contribution in [2.45, 2.75) is 38.6 Å². The average molecular weight is 279 g/mol. The summed E-state index contributed by atoms with van der Waals surface area (Å²) < 4.78 is 1.29. The van der Waals surface area contributed by atoms with Gasteiger partial charge in [-0.2, -0.15) is 0 Å². The van der Waals surface area contributed by atoms with Gasteiger partial charge in [0.2, 0.25) is 0 Å². The van der Waals surface area contributed by atoms with Crippen LogP contribution in [0.2, 0.25) is 0 Å². The maximum atomic E-state index is 12.5. The minimum absolute atomic E-state index is 0.147. The van der Waals surface area contributed by atoms with Gasteiger partial charge in [0.25, 0.3) is 5.56 Å². The molecule has 2 aromatic heterocycles. The molecule has 1 aliphatic rings. The van der Waals surface area contributed by atoms with Crippen molar-refractivity contribution in [1.29, 1.82) is 0 Å². The molecule has 0 saturated heterocycles. The molecule has 5 nitrogen and oxygen atoms in total. The van der Waals surface area contributed by atoms with E-state index in [0.717, 1.165) is 35.0 Å². The number of nitrogens with one attached hydrogen (secondary N) is 1. The monoisotopic (exact) mass is 279 g/mol. The number of fused-ring (bicyclic) bond motifs is 3. The number of aromatic amines is 1. The summed E-state index contributed by atoms with van der Waals surface area (Å²) in [5.74, 6) is 0. The molecule has 3 rings (SSSR count). The summed E-state index contributed by atoms with van der Waals surface area (Å²) in [5.41, 5.74) is 6.15. The fourth-order valence-corrected chi connectivity index (χ4v) is 4.00. The minimum Gasteiger partial charge on any atom is -0.330 e. The molecule has 0 aliphatic heterocycles. The first-order valence-corrected chi connectivity index (χ1v) is 7.51. The van der Waals surface area contributed by atoms with Crippen molar-refractivity contribution in [3.8, 4) is 0 Å². The Kier molecular flexibility index (Phi) is 3.28. The summed E-state index contributed by atoms with van der Waals surface area (Å²) in [6.45, 7) is 0.872. The molecule has 0 fully saturated rings. The van der Waals surface area contributed by atoms with Gasteiger partial charge in [-0.15, -0.1) is 11.3 Å². The number of aryl methyl sites for hydroxylation is 2. The highest BCUT2D eigenvalue weighted by atomic mass is 32.1. The Labute approximate surface area is 114 Å². The normalized spacial score (nSPS) is 14.8. The fraction of sp³-hybridized carbons (Fsp3) is 0.538. The molecular formula is C13H17N3O2S. The molecule has 2 aromatic rings.